The molecule has 0 rings (SSSR count). The van der Waals surface area contributed by atoms with Crippen LogP contribution in [-0.2, 0) is 19.1 Å². The number of aliphatic carboxylic acids is 1. The molecule has 0 aliphatic rings. The van der Waals surface area contributed by atoms with E-state index in [1.807, 2.05) is 13.8 Å². The Hall–Kier alpha value is -1.63. The Morgan fingerprint density at radius 3 is 2.26 bits per heavy atom. The third-order valence-corrected chi connectivity index (χ3v) is 2.48. The maximum absolute atomic E-state index is 11.6. The molecule has 0 heterocycles. The highest BCUT2D eigenvalue weighted by molar-refractivity contribution is 5.86. The van der Waals surface area contributed by atoms with E-state index in [0.29, 0.717) is 0 Å². The number of rotatable bonds is 8. The summed E-state index contributed by atoms with van der Waals surface area (Å²) in [4.78, 5) is 33.4. The molecule has 2 atom stereocenters. The van der Waals surface area contributed by atoms with E-state index in [9.17, 15) is 19.5 Å². The third kappa shape index (κ3) is 7.40. The van der Waals surface area contributed by atoms with Crippen LogP contribution in [0.4, 0.5) is 0 Å². The average Bonchev–Trinajstić information content (AvgIpc) is 2.32. The van der Waals surface area contributed by atoms with Gasteiger partial charge < -0.3 is 20.3 Å². The second kappa shape index (κ2) is 8.47. The molecule has 7 heteroatoms. The standard InChI is InChI=1S/C12H21NO6/c1-7(2)6-9(14)11(16)13-8(12(17)18)4-5-10(15)19-3/h7-9,14H,4-6H2,1-3H3,(H,13,16)(H,17,18)/t8-,9+/m0/s1. The first kappa shape index (κ1) is 17.4. The van der Waals surface area contributed by atoms with Gasteiger partial charge in [0, 0.05) is 6.42 Å². The van der Waals surface area contributed by atoms with Crippen molar-refractivity contribution >= 4 is 17.8 Å². The number of nitrogens with one attached hydrogen (secondary N) is 1. The van der Waals surface area contributed by atoms with Gasteiger partial charge in [0.2, 0.25) is 5.91 Å². The normalized spacial score (nSPS) is 13.7. The van der Waals surface area contributed by atoms with E-state index in [1.165, 1.54) is 7.11 Å². The summed E-state index contributed by atoms with van der Waals surface area (Å²) in [6, 6.07) is -1.21. The SMILES string of the molecule is COC(=O)CC[C@H](NC(=O)[C@H](O)CC(C)C)C(=O)O. The number of carbonyl (C=O) groups is 3. The van der Waals surface area contributed by atoms with Gasteiger partial charge in [0.15, 0.2) is 0 Å². The van der Waals surface area contributed by atoms with Crippen LogP contribution < -0.4 is 5.32 Å². The molecule has 7 nitrogen and oxygen atoms in total. The number of hydrogen-bond acceptors (Lipinski definition) is 5. The molecule has 0 saturated carbocycles. The van der Waals surface area contributed by atoms with E-state index in [2.05, 4.69) is 10.1 Å². The Labute approximate surface area is 111 Å². The molecule has 0 spiro atoms. The zero-order valence-corrected chi connectivity index (χ0v) is 11.4. The van der Waals surface area contributed by atoms with Crippen LogP contribution in [0.3, 0.4) is 0 Å². The van der Waals surface area contributed by atoms with Gasteiger partial charge in [-0.3, -0.25) is 9.59 Å². The molecular formula is C12H21NO6. The Kier molecular flexibility index (Phi) is 7.74. The Morgan fingerprint density at radius 2 is 1.84 bits per heavy atom. The first-order chi connectivity index (χ1) is 8.77. The number of carbonyl (C=O) groups excluding carboxylic acids is 2. The van der Waals surface area contributed by atoms with Crippen molar-refractivity contribution in [1.82, 2.24) is 5.32 Å². The molecule has 0 radical (unpaired) electrons. The minimum Gasteiger partial charge on any atom is -0.480 e. The summed E-state index contributed by atoms with van der Waals surface area (Å²) in [5.74, 6) is -2.44. The largest absolute Gasteiger partial charge is 0.480 e. The highest BCUT2D eigenvalue weighted by Crippen LogP contribution is 2.06. The zero-order valence-electron chi connectivity index (χ0n) is 11.4. The lowest BCUT2D eigenvalue weighted by molar-refractivity contribution is -0.145. The molecule has 0 aliphatic heterocycles. The topological polar surface area (TPSA) is 113 Å². The van der Waals surface area contributed by atoms with Crippen molar-refractivity contribution in [2.75, 3.05) is 7.11 Å². The first-order valence-electron chi connectivity index (χ1n) is 6.06. The van der Waals surface area contributed by atoms with E-state index < -0.39 is 30.0 Å². The van der Waals surface area contributed by atoms with Crippen LogP contribution >= 0.6 is 0 Å². The average molecular weight is 275 g/mol. The molecule has 0 saturated heterocycles. The Balaban J connectivity index is 4.37. The van der Waals surface area contributed by atoms with Gasteiger partial charge in [-0.1, -0.05) is 13.8 Å². The molecule has 0 aromatic carbocycles. The second-order valence-electron chi connectivity index (χ2n) is 4.66. The van der Waals surface area contributed by atoms with Crippen molar-refractivity contribution < 1.29 is 29.3 Å². The van der Waals surface area contributed by atoms with Crippen LogP contribution in [0.1, 0.15) is 33.1 Å². The van der Waals surface area contributed by atoms with Crippen LogP contribution in [0.15, 0.2) is 0 Å². The molecule has 0 fully saturated rings. The number of hydrogen-bond donors (Lipinski definition) is 3. The highest BCUT2D eigenvalue weighted by Gasteiger charge is 2.25. The lowest BCUT2D eigenvalue weighted by atomic mass is 10.0. The predicted molar refractivity (Wildman–Crippen MR) is 66.3 cm³/mol. The number of carboxylic acid groups (broad SMARTS) is 1. The van der Waals surface area contributed by atoms with E-state index >= 15 is 0 Å². The number of methoxy groups -OCH3 is 1. The number of esters is 1. The molecule has 0 aromatic heterocycles. The van der Waals surface area contributed by atoms with Crippen LogP contribution in [0.2, 0.25) is 0 Å². The van der Waals surface area contributed by atoms with Gasteiger partial charge in [-0.2, -0.15) is 0 Å². The fourth-order valence-corrected chi connectivity index (χ4v) is 1.44. The predicted octanol–water partition coefficient (Wildman–Crippen LogP) is -0.0840. The zero-order chi connectivity index (χ0) is 15.0. The summed E-state index contributed by atoms with van der Waals surface area (Å²) >= 11 is 0. The summed E-state index contributed by atoms with van der Waals surface area (Å²) in [5.41, 5.74) is 0. The lowest BCUT2D eigenvalue weighted by Crippen LogP contribution is -2.46. The summed E-state index contributed by atoms with van der Waals surface area (Å²) in [6.07, 6.45) is -1.20. The Morgan fingerprint density at radius 1 is 1.26 bits per heavy atom. The maximum Gasteiger partial charge on any atom is 0.326 e. The second-order valence-corrected chi connectivity index (χ2v) is 4.66. The van der Waals surface area contributed by atoms with Crippen LogP contribution in [0.5, 0.6) is 0 Å². The molecule has 0 aliphatic carbocycles. The number of aliphatic hydroxyl groups excluding tert-OH is 1. The molecule has 0 bridgehead atoms. The fourth-order valence-electron chi connectivity index (χ4n) is 1.44. The highest BCUT2D eigenvalue weighted by atomic mass is 16.5. The summed E-state index contributed by atoms with van der Waals surface area (Å²) in [7, 11) is 1.20. The van der Waals surface area contributed by atoms with Gasteiger partial charge in [0.1, 0.15) is 12.1 Å². The van der Waals surface area contributed by atoms with Gasteiger partial charge in [-0.25, -0.2) is 4.79 Å². The van der Waals surface area contributed by atoms with Crippen molar-refractivity contribution in [2.45, 2.75) is 45.3 Å². The van der Waals surface area contributed by atoms with Gasteiger partial charge >= 0.3 is 11.9 Å². The van der Waals surface area contributed by atoms with E-state index in [4.69, 9.17) is 5.11 Å². The number of aliphatic hydroxyl groups is 1. The summed E-state index contributed by atoms with van der Waals surface area (Å²) in [6.45, 7) is 3.67. The number of amides is 1. The van der Waals surface area contributed by atoms with Crippen molar-refractivity contribution in [1.29, 1.82) is 0 Å². The van der Waals surface area contributed by atoms with E-state index in [0.717, 1.165) is 0 Å². The molecular weight excluding hydrogens is 254 g/mol. The molecule has 110 valence electrons. The fraction of sp³-hybridized carbons (Fsp3) is 0.750. The van der Waals surface area contributed by atoms with Crippen molar-refractivity contribution in [3.8, 4) is 0 Å². The number of ether oxygens (including phenoxy) is 1. The molecule has 0 unspecified atom stereocenters. The quantitative estimate of drug-likeness (QED) is 0.534. The van der Waals surface area contributed by atoms with Gasteiger partial charge in [-0.05, 0) is 18.8 Å². The van der Waals surface area contributed by atoms with Gasteiger partial charge in [0.05, 0.1) is 7.11 Å². The monoisotopic (exact) mass is 275 g/mol. The van der Waals surface area contributed by atoms with Crippen LogP contribution in [-0.4, -0.2) is 47.3 Å². The molecule has 3 N–H and O–H groups in total. The van der Waals surface area contributed by atoms with Gasteiger partial charge in [-0.15, -0.1) is 0 Å². The van der Waals surface area contributed by atoms with Crippen LogP contribution in [0, 0.1) is 5.92 Å². The molecule has 19 heavy (non-hydrogen) atoms. The maximum atomic E-state index is 11.6. The number of carboxylic acids is 1. The summed E-state index contributed by atoms with van der Waals surface area (Å²) in [5, 5.41) is 20.7. The van der Waals surface area contributed by atoms with Crippen molar-refractivity contribution in [3.63, 3.8) is 0 Å². The first-order valence-corrected chi connectivity index (χ1v) is 6.06. The van der Waals surface area contributed by atoms with Gasteiger partial charge in [0.25, 0.3) is 0 Å². The Bertz CT molecular complexity index is 328. The third-order valence-electron chi connectivity index (χ3n) is 2.48. The van der Waals surface area contributed by atoms with Crippen molar-refractivity contribution in [3.05, 3.63) is 0 Å². The molecule has 1 amide bonds. The lowest BCUT2D eigenvalue weighted by Gasteiger charge is -2.17. The molecule has 0 aromatic rings. The van der Waals surface area contributed by atoms with Crippen molar-refractivity contribution in [2.24, 2.45) is 5.92 Å². The smallest absolute Gasteiger partial charge is 0.326 e. The van der Waals surface area contributed by atoms with E-state index in [1.54, 1.807) is 0 Å². The minimum absolute atomic E-state index is 0.0812. The van der Waals surface area contributed by atoms with E-state index in [-0.39, 0.29) is 25.2 Å². The minimum atomic E-state index is -1.26. The summed E-state index contributed by atoms with van der Waals surface area (Å²) < 4.78 is 4.39. The van der Waals surface area contributed by atoms with Crippen LogP contribution in [0.25, 0.3) is 0 Å².